The van der Waals surface area contributed by atoms with E-state index in [9.17, 15) is 4.79 Å². The van der Waals surface area contributed by atoms with Gasteiger partial charge in [-0.3, -0.25) is 4.79 Å². The third-order valence-electron chi connectivity index (χ3n) is 4.59. The van der Waals surface area contributed by atoms with Gasteiger partial charge in [0, 0.05) is 31.1 Å². The van der Waals surface area contributed by atoms with Gasteiger partial charge in [0.25, 0.3) is 0 Å². The summed E-state index contributed by atoms with van der Waals surface area (Å²) in [7, 11) is 1.65. The zero-order valence-corrected chi connectivity index (χ0v) is 16.4. The molecule has 1 saturated heterocycles. The average molecular weight is 395 g/mol. The van der Waals surface area contributed by atoms with Gasteiger partial charge in [-0.05, 0) is 35.7 Å². The van der Waals surface area contributed by atoms with Crippen LogP contribution < -0.4 is 10.1 Å². The number of nitrogens with zero attached hydrogens (tertiary/aromatic N) is 1. The van der Waals surface area contributed by atoms with Crippen molar-refractivity contribution in [3.05, 3.63) is 64.7 Å². The van der Waals surface area contributed by atoms with Gasteiger partial charge in [0.1, 0.15) is 5.75 Å². The van der Waals surface area contributed by atoms with Crippen LogP contribution in [0.25, 0.3) is 0 Å². The summed E-state index contributed by atoms with van der Waals surface area (Å²) in [4.78, 5) is 14.8. The van der Waals surface area contributed by atoms with E-state index in [0.29, 0.717) is 24.4 Å². The Morgan fingerprint density at radius 2 is 2.08 bits per heavy atom. The van der Waals surface area contributed by atoms with Gasteiger partial charge in [0.2, 0.25) is 5.91 Å². The Bertz CT molecular complexity index is 739. The molecule has 1 heterocycles. The Balaban J connectivity index is 0.00000243. The molecule has 1 unspecified atom stereocenters. The fourth-order valence-corrected chi connectivity index (χ4v) is 3.51. The molecular formula is C20H24Cl2N2O2. The van der Waals surface area contributed by atoms with E-state index < -0.39 is 0 Å². The van der Waals surface area contributed by atoms with Crippen LogP contribution in [0.15, 0.2) is 48.5 Å². The monoisotopic (exact) mass is 394 g/mol. The molecule has 1 amide bonds. The number of piperazine rings is 1. The maximum absolute atomic E-state index is 12.8. The number of carbonyl (C=O) groups is 1. The molecule has 6 heteroatoms. The van der Waals surface area contributed by atoms with Crippen LogP contribution in [-0.2, 0) is 11.2 Å². The van der Waals surface area contributed by atoms with E-state index in [0.717, 1.165) is 30.0 Å². The first-order chi connectivity index (χ1) is 12.2. The minimum Gasteiger partial charge on any atom is -0.497 e. The third kappa shape index (κ3) is 4.91. The fraction of sp³-hybridized carbons (Fsp3) is 0.350. The standard InChI is InChI=1S/C20H23ClN2O2.ClH/c1-25-16-6-4-5-15(13-16)9-10-20(24)23-12-11-22-14-19(23)17-7-2-3-8-18(17)21;/h2-8,13,19,22H,9-12,14H2,1H3;1H. The van der Waals surface area contributed by atoms with Crippen LogP contribution in [0.4, 0.5) is 0 Å². The molecule has 3 rings (SSSR count). The lowest BCUT2D eigenvalue weighted by Crippen LogP contribution is -2.48. The molecule has 140 valence electrons. The van der Waals surface area contributed by atoms with Crippen LogP contribution in [0.5, 0.6) is 5.75 Å². The maximum atomic E-state index is 12.8. The third-order valence-corrected chi connectivity index (χ3v) is 4.93. The minimum atomic E-state index is -0.0136. The van der Waals surface area contributed by atoms with Crippen molar-refractivity contribution in [2.24, 2.45) is 0 Å². The number of methoxy groups -OCH3 is 1. The van der Waals surface area contributed by atoms with Crippen molar-refractivity contribution in [2.45, 2.75) is 18.9 Å². The molecule has 0 radical (unpaired) electrons. The van der Waals surface area contributed by atoms with E-state index in [2.05, 4.69) is 5.32 Å². The molecule has 1 N–H and O–H groups in total. The van der Waals surface area contributed by atoms with Crippen LogP contribution in [0.2, 0.25) is 5.02 Å². The first kappa shape index (κ1) is 20.6. The van der Waals surface area contributed by atoms with Crippen molar-refractivity contribution in [2.75, 3.05) is 26.7 Å². The highest BCUT2D eigenvalue weighted by molar-refractivity contribution is 6.31. The number of aryl methyl sites for hydroxylation is 1. The summed E-state index contributed by atoms with van der Waals surface area (Å²) < 4.78 is 5.25. The van der Waals surface area contributed by atoms with Crippen LogP contribution in [-0.4, -0.2) is 37.6 Å². The van der Waals surface area contributed by atoms with E-state index in [1.807, 2.05) is 53.4 Å². The van der Waals surface area contributed by atoms with Crippen molar-refractivity contribution in [1.82, 2.24) is 10.2 Å². The summed E-state index contributed by atoms with van der Waals surface area (Å²) in [6.07, 6.45) is 1.18. The number of benzene rings is 2. The van der Waals surface area contributed by atoms with Crippen molar-refractivity contribution in [3.8, 4) is 5.75 Å². The predicted molar refractivity (Wildman–Crippen MR) is 107 cm³/mol. The summed E-state index contributed by atoms with van der Waals surface area (Å²) in [5.41, 5.74) is 2.11. The summed E-state index contributed by atoms with van der Waals surface area (Å²) in [5.74, 6) is 0.982. The number of ether oxygens (including phenoxy) is 1. The first-order valence-electron chi connectivity index (χ1n) is 8.56. The molecule has 1 atom stereocenters. The Labute approximate surface area is 165 Å². The second kappa shape index (κ2) is 9.81. The number of hydrogen-bond acceptors (Lipinski definition) is 3. The molecule has 26 heavy (non-hydrogen) atoms. The van der Waals surface area contributed by atoms with E-state index in [1.54, 1.807) is 7.11 Å². The molecule has 0 bridgehead atoms. The highest BCUT2D eigenvalue weighted by atomic mass is 35.5. The molecule has 0 saturated carbocycles. The Morgan fingerprint density at radius 1 is 1.27 bits per heavy atom. The lowest BCUT2D eigenvalue weighted by Gasteiger charge is -2.37. The lowest BCUT2D eigenvalue weighted by atomic mass is 10.0. The van der Waals surface area contributed by atoms with Gasteiger partial charge in [-0.1, -0.05) is 41.9 Å². The van der Waals surface area contributed by atoms with Gasteiger partial charge in [-0.15, -0.1) is 12.4 Å². The number of rotatable bonds is 5. The van der Waals surface area contributed by atoms with Crippen LogP contribution >= 0.6 is 24.0 Å². The van der Waals surface area contributed by atoms with E-state index in [1.165, 1.54) is 0 Å². The SMILES string of the molecule is COc1cccc(CCC(=O)N2CCNCC2c2ccccc2Cl)c1.Cl. The van der Waals surface area contributed by atoms with Gasteiger partial charge < -0.3 is 15.0 Å². The largest absolute Gasteiger partial charge is 0.497 e. The number of amides is 1. The highest BCUT2D eigenvalue weighted by Gasteiger charge is 2.28. The molecule has 2 aromatic rings. The smallest absolute Gasteiger partial charge is 0.223 e. The normalized spacial score (nSPS) is 16.7. The fourth-order valence-electron chi connectivity index (χ4n) is 3.25. The van der Waals surface area contributed by atoms with Crippen molar-refractivity contribution in [1.29, 1.82) is 0 Å². The van der Waals surface area contributed by atoms with Crippen LogP contribution in [0.1, 0.15) is 23.6 Å². The number of hydrogen-bond donors (Lipinski definition) is 1. The van der Waals surface area contributed by atoms with Gasteiger partial charge in [-0.25, -0.2) is 0 Å². The minimum absolute atomic E-state index is 0. The Hall–Kier alpha value is -1.75. The van der Waals surface area contributed by atoms with E-state index in [4.69, 9.17) is 16.3 Å². The second-order valence-corrected chi connectivity index (χ2v) is 6.59. The Morgan fingerprint density at radius 3 is 2.85 bits per heavy atom. The topological polar surface area (TPSA) is 41.6 Å². The van der Waals surface area contributed by atoms with Crippen molar-refractivity contribution >= 4 is 29.9 Å². The zero-order valence-electron chi connectivity index (χ0n) is 14.8. The quantitative estimate of drug-likeness (QED) is 0.836. The number of nitrogens with one attached hydrogen (secondary N) is 1. The maximum Gasteiger partial charge on any atom is 0.223 e. The molecule has 2 aromatic carbocycles. The average Bonchev–Trinajstić information content (AvgIpc) is 2.66. The number of carbonyl (C=O) groups excluding carboxylic acids is 1. The predicted octanol–water partition coefficient (Wildman–Crippen LogP) is 3.88. The molecule has 1 aliphatic heterocycles. The van der Waals surface area contributed by atoms with Crippen molar-refractivity contribution < 1.29 is 9.53 Å². The summed E-state index contributed by atoms with van der Waals surface area (Å²) >= 11 is 6.35. The molecule has 1 fully saturated rings. The van der Waals surface area contributed by atoms with Gasteiger partial charge in [0.05, 0.1) is 13.2 Å². The summed E-state index contributed by atoms with van der Waals surface area (Å²) in [6.45, 7) is 2.24. The lowest BCUT2D eigenvalue weighted by molar-refractivity contribution is -0.134. The second-order valence-electron chi connectivity index (χ2n) is 6.18. The zero-order chi connectivity index (χ0) is 17.6. The summed E-state index contributed by atoms with van der Waals surface area (Å²) in [5, 5.41) is 4.08. The molecule has 4 nitrogen and oxygen atoms in total. The van der Waals surface area contributed by atoms with Gasteiger partial charge >= 0.3 is 0 Å². The van der Waals surface area contributed by atoms with Crippen molar-refractivity contribution in [3.63, 3.8) is 0 Å². The van der Waals surface area contributed by atoms with E-state index >= 15 is 0 Å². The van der Waals surface area contributed by atoms with Crippen LogP contribution in [0, 0.1) is 0 Å². The van der Waals surface area contributed by atoms with Gasteiger partial charge in [0.15, 0.2) is 0 Å². The highest BCUT2D eigenvalue weighted by Crippen LogP contribution is 2.29. The first-order valence-corrected chi connectivity index (χ1v) is 8.94. The van der Waals surface area contributed by atoms with Crippen LogP contribution in [0.3, 0.4) is 0 Å². The Kier molecular flexibility index (Phi) is 7.76. The summed E-state index contributed by atoms with van der Waals surface area (Å²) in [6, 6.07) is 15.6. The van der Waals surface area contributed by atoms with Gasteiger partial charge in [-0.2, -0.15) is 0 Å². The molecule has 0 aromatic heterocycles. The molecule has 0 spiro atoms. The molecule has 0 aliphatic carbocycles. The molecule has 1 aliphatic rings. The molecular weight excluding hydrogens is 371 g/mol. The van der Waals surface area contributed by atoms with E-state index in [-0.39, 0.29) is 24.4 Å². The number of halogens is 2.